The van der Waals surface area contributed by atoms with Gasteiger partial charge >= 0.3 is 5.97 Å². The highest BCUT2D eigenvalue weighted by Gasteiger charge is 2.49. The number of likely N-dealkylation sites (tertiary alicyclic amines) is 1. The Morgan fingerprint density at radius 2 is 1.83 bits per heavy atom. The lowest BCUT2D eigenvalue weighted by atomic mass is 9.71. The summed E-state index contributed by atoms with van der Waals surface area (Å²) in [5, 5.41) is 20.4. The molecule has 0 aromatic heterocycles. The summed E-state index contributed by atoms with van der Waals surface area (Å²) >= 11 is 0. The largest absolute Gasteiger partial charge is 0.481 e. The first-order chi connectivity index (χ1) is 11.5. The highest BCUT2D eigenvalue weighted by Crippen LogP contribution is 2.37. The molecule has 3 rings (SSSR count). The molecule has 1 saturated heterocycles. The lowest BCUT2D eigenvalue weighted by Crippen LogP contribution is -2.57. The van der Waals surface area contributed by atoms with Gasteiger partial charge in [-0.2, -0.15) is 0 Å². The molecule has 1 aromatic carbocycles. The number of carboxylic acid groups (broad SMARTS) is 1. The number of hydrogen-bond acceptors (Lipinski definition) is 3. The number of rotatable bonds is 4. The van der Waals surface area contributed by atoms with Crippen molar-refractivity contribution in [1.29, 1.82) is 0 Å². The van der Waals surface area contributed by atoms with Crippen molar-refractivity contribution < 1.29 is 19.8 Å². The molecule has 1 aliphatic heterocycles. The third-order valence-electron chi connectivity index (χ3n) is 5.66. The summed E-state index contributed by atoms with van der Waals surface area (Å²) in [7, 11) is 0. The molecule has 2 aliphatic rings. The Balaban J connectivity index is 1.73. The molecule has 1 saturated carbocycles. The Hall–Kier alpha value is -1.88. The van der Waals surface area contributed by atoms with Crippen molar-refractivity contribution in [2.75, 3.05) is 13.1 Å². The van der Waals surface area contributed by atoms with Gasteiger partial charge in [0.25, 0.3) is 0 Å². The predicted molar refractivity (Wildman–Crippen MR) is 89.4 cm³/mol. The van der Waals surface area contributed by atoms with Gasteiger partial charge in [-0.25, -0.2) is 0 Å². The van der Waals surface area contributed by atoms with Crippen LogP contribution in [0, 0.1) is 11.3 Å². The van der Waals surface area contributed by atoms with Gasteiger partial charge in [-0.3, -0.25) is 9.59 Å². The summed E-state index contributed by atoms with van der Waals surface area (Å²) in [5.74, 6) is -0.833. The Labute approximate surface area is 142 Å². The number of aliphatic hydroxyl groups is 1. The first-order valence-electron chi connectivity index (χ1n) is 8.77. The third kappa shape index (κ3) is 3.18. The fourth-order valence-corrected chi connectivity index (χ4v) is 4.10. The first kappa shape index (κ1) is 17.0. The van der Waals surface area contributed by atoms with Crippen molar-refractivity contribution in [3.05, 3.63) is 35.9 Å². The van der Waals surface area contributed by atoms with E-state index >= 15 is 0 Å². The smallest absolute Gasteiger partial charge is 0.312 e. The summed E-state index contributed by atoms with van der Waals surface area (Å²) in [5.41, 5.74) is -0.317. The van der Waals surface area contributed by atoms with E-state index in [9.17, 15) is 19.8 Å². The zero-order valence-electron chi connectivity index (χ0n) is 13.9. The highest BCUT2D eigenvalue weighted by atomic mass is 16.4. The number of aliphatic carboxylic acids is 1. The van der Waals surface area contributed by atoms with E-state index in [-0.39, 0.29) is 31.2 Å². The van der Waals surface area contributed by atoms with Crippen molar-refractivity contribution in [1.82, 2.24) is 4.90 Å². The Kier molecular flexibility index (Phi) is 4.90. The molecule has 130 valence electrons. The minimum atomic E-state index is -1.21. The summed E-state index contributed by atoms with van der Waals surface area (Å²) in [6, 6.07) is 9.39. The average molecular weight is 331 g/mol. The lowest BCUT2D eigenvalue weighted by molar-refractivity contribution is -0.166. The summed E-state index contributed by atoms with van der Waals surface area (Å²) in [6.45, 7) is 0.528. The first-order valence-corrected chi connectivity index (χ1v) is 8.77. The van der Waals surface area contributed by atoms with Gasteiger partial charge in [0.15, 0.2) is 0 Å². The second kappa shape index (κ2) is 6.93. The number of nitrogens with zero attached hydrogens (tertiary/aromatic N) is 1. The van der Waals surface area contributed by atoms with Crippen LogP contribution in [0.1, 0.15) is 37.7 Å². The van der Waals surface area contributed by atoms with Crippen LogP contribution in [0.25, 0.3) is 0 Å². The van der Waals surface area contributed by atoms with Gasteiger partial charge in [-0.15, -0.1) is 0 Å². The van der Waals surface area contributed by atoms with Crippen LogP contribution in [0.2, 0.25) is 0 Å². The maximum absolute atomic E-state index is 12.6. The maximum atomic E-state index is 12.6. The highest BCUT2D eigenvalue weighted by molar-refractivity contribution is 5.81. The van der Waals surface area contributed by atoms with Crippen LogP contribution in [0.3, 0.4) is 0 Å². The molecule has 0 bridgehead atoms. The van der Waals surface area contributed by atoms with Gasteiger partial charge in [0.2, 0.25) is 5.91 Å². The lowest BCUT2D eigenvalue weighted by Gasteiger charge is -2.43. The second-order valence-corrected chi connectivity index (χ2v) is 7.16. The van der Waals surface area contributed by atoms with E-state index in [1.807, 2.05) is 30.3 Å². The average Bonchev–Trinajstić information content (AvgIpc) is 3.11. The molecule has 5 nitrogen and oxygen atoms in total. The SMILES string of the molecule is O=C(C1CCCC1)N1CC[C@](Cc2ccccc2)(C(=O)O)[C@@H](O)C1. The molecular formula is C19H25NO4. The summed E-state index contributed by atoms with van der Waals surface area (Å²) in [6.07, 6.45) is 3.53. The number of amides is 1. The number of aliphatic hydroxyl groups excluding tert-OH is 1. The fourth-order valence-electron chi connectivity index (χ4n) is 4.10. The van der Waals surface area contributed by atoms with Gasteiger partial charge in [0.1, 0.15) is 5.41 Å². The zero-order valence-corrected chi connectivity index (χ0v) is 13.9. The van der Waals surface area contributed by atoms with Crippen molar-refractivity contribution in [2.45, 2.75) is 44.6 Å². The molecule has 24 heavy (non-hydrogen) atoms. The topological polar surface area (TPSA) is 77.8 Å². The van der Waals surface area contributed by atoms with Crippen molar-refractivity contribution in [3.8, 4) is 0 Å². The number of piperidine rings is 1. The number of carbonyl (C=O) groups excluding carboxylic acids is 1. The van der Waals surface area contributed by atoms with Crippen LogP contribution in [-0.2, 0) is 16.0 Å². The number of carbonyl (C=O) groups is 2. The number of carboxylic acids is 1. The minimum Gasteiger partial charge on any atom is -0.481 e. The zero-order chi connectivity index (χ0) is 17.2. The number of benzene rings is 1. The standard InChI is InChI=1S/C19H25NO4/c21-16-13-20(17(22)15-8-4-5-9-15)11-10-19(16,18(23)24)12-14-6-2-1-3-7-14/h1-3,6-7,15-16,21H,4-5,8-13H2,(H,23,24)/t16-,19+/m0/s1. The van der Waals surface area contributed by atoms with Crippen LogP contribution in [-0.4, -0.2) is 46.2 Å². The Morgan fingerprint density at radius 1 is 1.17 bits per heavy atom. The monoisotopic (exact) mass is 331 g/mol. The molecule has 0 radical (unpaired) electrons. The number of hydrogen-bond donors (Lipinski definition) is 2. The molecule has 2 fully saturated rings. The molecule has 1 amide bonds. The van der Waals surface area contributed by atoms with Gasteiger partial charge in [-0.1, -0.05) is 43.2 Å². The summed E-state index contributed by atoms with van der Waals surface area (Å²) < 4.78 is 0. The van der Waals surface area contributed by atoms with Crippen LogP contribution >= 0.6 is 0 Å². The molecule has 1 aliphatic carbocycles. The molecule has 0 unspecified atom stereocenters. The minimum absolute atomic E-state index is 0.0589. The van der Waals surface area contributed by atoms with E-state index in [0.29, 0.717) is 6.54 Å². The van der Waals surface area contributed by atoms with Crippen molar-refractivity contribution >= 4 is 11.9 Å². The third-order valence-corrected chi connectivity index (χ3v) is 5.66. The van der Waals surface area contributed by atoms with E-state index in [0.717, 1.165) is 31.2 Å². The van der Waals surface area contributed by atoms with E-state index < -0.39 is 17.5 Å². The molecule has 5 heteroatoms. The van der Waals surface area contributed by atoms with Gasteiger partial charge in [0.05, 0.1) is 6.10 Å². The van der Waals surface area contributed by atoms with Crippen molar-refractivity contribution in [2.24, 2.45) is 11.3 Å². The molecule has 2 atom stereocenters. The van der Waals surface area contributed by atoms with Crippen LogP contribution in [0.4, 0.5) is 0 Å². The second-order valence-electron chi connectivity index (χ2n) is 7.16. The molecule has 1 heterocycles. The fraction of sp³-hybridized carbons (Fsp3) is 0.579. The van der Waals surface area contributed by atoms with E-state index in [1.165, 1.54) is 0 Å². The normalized spacial score (nSPS) is 28.0. The van der Waals surface area contributed by atoms with Crippen LogP contribution < -0.4 is 0 Å². The van der Waals surface area contributed by atoms with E-state index in [2.05, 4.69) is 0 Å². The molecular weight excluding hydrogens is 306 g/mol. The van der Waals surface area contributed by atoms with Gasteiger partial charge < -0.3 is 15.1 Å². The molecule has 0 spiro atoms. The quantitative estimate of drug-likeness (QED) is 0.885. The van der Waals surface area contributed by atoms with Crippen molar-refractivity contribution in [3.63, 3.8) is 0 Å². The summed E-state index contributed by atoms with van der Waals surface area (Å²) in [4.78, 5) is 26.2. The molecule has 1 aromatic rings. The predicted octanol–water partition coefficient (Wildman–Crippen LogP) is 2.08. The van der Waals surface area contributed by atoms with Crippen LogP contribution in [0.5, 0.6) is 0 Å². The van der Waals surface area contributed by atoms with E-state index in [1.54, 1.807) is 4.90 Å². The maximum Gasteiger partial charge on any atom is 0.312 e. The van der Waals surface area contributed by atoms with Gasteiger partial charge in [-0.05, 0) is 31.2 Å². The van der Waals surface area contributed by atoms with E-state index in [4.69, 9.17) is 0 Å². The Bertz CT molecular complexity index is 597. The molecule has 2 N–H and O–H groups in total. The number of β-amino-alcohol motifs (C(OH)–C–C–N with tert-alkyl or cyclic N) is 1. The Morgan fingerprint density at radius 3 is 2.42 bits per heavy atom. The van der Waals surface area contributed by atoms with Gasteiger partial charge in [0, 0.05) is 19.0 Å². The van der Waals surface area contributed by atoms with Crippen LogP contribution in [0.15, 0.2) is 30.3 Å².